The van der Waals surface area contributed by atoms with Crippen LogP contribution in [0.2, 0.25) is 0 Å². The molecule has 2 N–H and O–H groups in total. The third-order valence-corrected chi connectivity index (χ3v) is 14.6. The minimum atomic E-state index is 0.197. The third-order valence-electron chi connectivity index (χ3n) is 14.6. The summed E-state index contributed by atoms with van der Waals surface area (Å²) < 4.78 is 5.29. The van der Waals surface area contributed by atoms with Gasteiger partial charge in [0, 0.05) is 18.2 Å². The normalized spacial score (nSPS) is 37.9. The molecule has 4 saturated carbocycles. The predicted molar refractivity (Wildman–Crippen MR) is 194 cm³/mol. The van der Waals surface area contributed by atoms with E-state index in [1.54, 1.807) is 11.1 Å². The van der Waals surface area contributed by atoms with Crippen molar-refractivity contribution in [3.05, 3.63) is 52.4 Å². The number of hydrogen-bond donors (Lipinski definition) is 1. The number of allylic oxidation sites excluding steroid dienone is 4. The Kier molecular flexibility index (Phi) is 8.50. The summed E-state index contributed by atoms with van der Waals surface area (Å²) in [6.07, 6.45) is 22.4. The highest BCUT2D eigenvalue weighted by molar-refractivity contribution is 6.15. The molecule has 1 aliphatic heterocycles. The fraction of sp³-hybridized carbons (Fsp3) is 0.738. The van der Waals surface area contributed by atoms with Crippen molar-refractivity contribution < 1.29 is 0 Å². The zero-order valence-corrected chi connectivity index (χ0v) is 30.3. The van der Waals surface area contributed by atoms with Gasteiger partial charge >= 0.3 is 5.84 Å². The molecule has 0 aromatic carbocycles. The molecule has 4 heteroatoms. The van der Waals surface area contributed by atoms with Crippen molar-refractivity contribution in [3.8, 4) is 0 Å². The van der Waals surface area contributed by atoms with Crippen LogP contribution in [0.4, 0.5) is 0 Å². The van der Waals surface area contributed by atoms with E-state index in [-0.39, 0.29) is 5.41 Å². The Morgan fingerprint density at radius 3 is 2.50 bits per heavy atom. The van der Waals surface area contributed by atoms with Gasteiger partial charge < -0.3 is 5.73 Å². The van der Waals surface area contributed by atoms with Crippen LogP contribution in [-0.4, -0.2) is 34.6 Å². The van der Waals surface area contributed by atoms with Crippen LogP contribution in [0.1, 0.15) is 149 Å². The molecule has 0 spiro atoms. The molecule has 1 aromatic heterocycles. The van der Waals surface area contributed by atoms with Gasteiger partial charge in [0.2, 0.25) is 0 Å². The molecule has 250 valence electrons. The summed E-state index contributed by atoms with van der Waals surface area (Å²) >= 11 is 0. The maximum Gasteiger partial charge on any atom is 0.345 e. The number of aromatic nitrogens is 1. The van der Waals surface area contributed by atoms with E-state index < -0.39 is 0 Å². The highest BCUT2D eigenvalue weighted by Crippen LogP contribution is 2.72. The SMILES string of the molecule is CC/C=C1/CC2(CC3=[N+]=C(c4ccc(C(C)C)cn4)N3CCN)CCC3C(CCC4C5(C)CCCCC5CCC34C)C2=C1C(C)C. The molecule has 1 aromatic rings. The summed E-state index contributed by atoms with van der Waals surface area (Å²) in [5.41, 5.74) is 15.1. The summed E-state index contributed by atoms with van der Waals surface area (Å²) in [6, 6.07) is 4.39. The molecule has 7 atom stereocenters. The van der Waals surface area contributed by atoms with Gasteiger partial charge in [-0.05, 0) is 133 Å². The predicted octanol–water partition coefficient (Wildman–Crippen LogP) is 9.19. The second-order valence-electron chi connectivity index (χ2n) is 17.6. The van der Waals surface area contributed by atoms with Gasteiger partial charge in [-0.25, -0.2) is 14.6 Å². The molecule has 0 saturated heterocycles. The van der Waals surface area contributed by atoms with Gasteiger partial charge in [-0.2, -0.15) is 0 Å². The lowest BCUT2D eigenvalue weighted by Crippen LogP contribution is -2.58. The molecule has 5 aliphatic carbocycles. The Bertz CT molecular complexity index is 1460. The van der Waals surface area contributed by atoms with E-state index >= 15 is 0 Å². The highest BCUT2D eigenvalue weighted by atomic mass is 15.3. The fourth-order valence-corrected chi connectivity index (χ4v) is 12.6. The summed E-state index contributed by atoms with van der Waals surface area (Å²) in [4.78, 5) is 7.29. The van der Waals surface area contributed by atoms with Crippen LogP contribution in [0, 0.1) is 45.8 Å². The molecule has 0 bridgehead atoms. The van der Waals surface area contributed by atoms with Crippen molar-refractivity contribution >= 4 is 11.7 Å². The van der Waals surface area contributed by atoms with Crippen molar-refractivity contribution in [2.75, 3.05) is 13.1 Å². The first kappa shape index (κ1) is 32.4. The highest BCUT2D eigenvalue weighted by Gasteiger charge is 2.63. The quantitative estimate of drug-likeness (QED) is 0.294. The number of nitrogens with two attached hydrogens (primary N) is 1. The number of rotatable bonds is 8. The Morgan fingerprint density at radius 2 is 1.80 bits per heavy atom. The van der Waals surface area contributed by atoms with Gasteiger partial charge in [-0.3, -0.25) is 0 Å². The summed E-state index contributed by atoms with van der Waals surface area (Å²) in [6.45, 7) is 18.7. The molecule has 7 unspecified atom stereocenters. The van der Waals surface area contributed by atoms with E-state index in [0.29, 0.717) is 29.2 Å². The van der Waals surface area contributed by atoms with Gasteiger partial charge in [0.1, 0.15) is 0 Å². The van der Waals surface area contributed by atoms with E-state index in [4.69, 9.17) is 15.4 Å². The number of fused-ring (bicyclic) bond motifs is 7. The lowest BCUT2D eigenvalue weighted by molar-refractivity contribution is -0.150. The van der Waals surface area contributed by atoms with Crippen LogP contribution in [0.15, 0.2) is 41.1 Å². The van der Waals surface area contributed by atoms with E-state index in [1.807, 2.05) is 11.8 Å². The van der Waals surface area contributed by atoms with Crippen LogP contribution >= 0.6 is 0 Å². The zero-order chi connectivity index (χ0) is 32.4. The molecule has 0 radical (unpaired) electrons. The molecule has 0 amide bonds. The first-order valence-corrected chi connectivity index (χ1v) is 19.4. The summed E-state index contributed by atoms with van der Waals surface area (Å²) in [5.74, 6) is 6.76. The molecule has 7 rings (SSSR count). The van der Waals surface area contributed by atoms with Crippen molar-refractivity contribution in [2.45, 2.75) is 138 Å². The van der Waals surface area contributed by atoms with Gasteiger partial charge in [0.25, 0.3) is 5.84 Å². The van der Waals surface area contributed by atoms with Crippen molar-refractivity contribution in [1.29, 1.82) is 0 Å². The van der Waals surface area contributed by atoms with Crippen molar-refractivity contribution in [2.24, 2.45) is 51.6 Å². The van der Waals surface area contributed by atoms with E-state index in [2.05, 4.69) is 71.6 Å². The summed E-state index contributed by atoms with van der Waals surface area (Å²) in [7, 11) is 0. The number of pyridine rings is 1. The average molecular weight is 624 g/mol. The smallest absolute Gasteiger partial charge is 0.328 e. The van der Waals surface area contributed by atoms with Crippen molar-refractivity contribution in [1.82, 2.24) is 14.6 Å². The second-order valence-corrected chi connectivity index (χ2v) is 17.6. The third kappa shape index (κ3) is 4.94. The first-order chi connectivity index (χ1) is 22.1. The average Bonchev–Trinajstić information content (AvgIpc) is 3.36. The summed E-state index contributed by atoms with van der Waals surface area (Å²) in [5, 5.41) is 0. The maximum absolute atomic E-state index is 6.24. The maximum atomic E-state index is 6.24. The Labute approximate surface area is 280 Å². The Hall–Kier alpha value is -2.16. The largest absolute Gasteiger partial charge is 0.345 e. The van der Waals surface area contributed by atoms with Crippen LogP contribution in [-0.2, 0) is 0 Å². The van der Waals surface area contributed by atoms with Gasteiger partial charge in [-0.1, -0.05) is 79.0 Å². The molecule has 46 heavy (non-hydrogen) atoms. The lowest BCUT2D eigenvalue weighted by Gasteiger charge is -2.66. The molecule has 6 aliphatic rings. The van der Waals surface area contributed by atoms with Crippen LogP contribution < -0.4 is 10.4 Å². The van der Waals surface area contributed by atoms with Gasteiger partial charge in [0.15, 0.2) is 5.69 Å². The monoisotopic (exact) mass is 624 g/mol. The Balaban J connectivity index is 1.27. The van der Waals surface area contributed by atoms with E-state index in [0.717, 1.165) is 54.6 Å². The van der Waals surface area contributed by atoms with Crippen molar-refractivity contribution in [3.63, 3.8) is 0 Å². The standard InChI is InChI=1S/C42H63N4/c1-8-11-29-24-42(25-36-45-39(46(36)23-22-43)34-15-13-30(26-44-34)27(2)3)21-18-33-32(38(42)37(29)28(4)5)14-16-35-40(6)19-10-9-12-31(40)17-20-41(33,35)7/h11,13,15,26-28,31-33,35H,8-10,12,14,16-25,43H2,1-7H3/q+1/b29-11-. The lowest BCUT2D eigenvalue weighted by atomic mass is 9.39. The molecule has 2 heterocycles. The fourth-order valence-electron chi connectivity index (χ4n) is 12.6. The first-order valence-electron chi connectivity index (χ1n) is 19.4. The van der Waals surface area contributed by atoms with Crippen LogP contribution in [0.25, 0.3) is 0 Å². The second kappa shape index (κ2) is 12.1. The molecular formula is C42H63N4+. The van der Waals surface area contributed by atoms with Gasteiger partial charge in [-0.15, -0.1) is 0 Å². The van der Waals surface area contributed by atoms with Gasteiger partial charge in [0.05, 0.1) is 13.0 Å². The molecular weight excluding hydrogens is 560 g/mol. The number of nitrogens with zero attached hydrogens (tertiary/aromatic N) is 3. The minimum Gasteiger partial charge on any atom is -0.328 e. The van der Waals surface area contributed by atoms with E-state index in [1.165, 1.54) is 82.0 Å². The zero-order valence-electron chi connectivity index (χ0n) is 30.3. The minimum absolute atomic E-state index is 0.197. The molecule has 4 nitrogen and oxygen atoms in total. The van der Waals surface area contributed by atoms with Crippen LogP contribution in [0.5, 0.6) is 0 Å². The topological polar surface area (TPSA) is 56.2 Å². The van der Waals surface area contributed by atoms with E-state index in [9.17, 15) is 0 Å². The Morgan fingerprint density at radius 1 is 0.978 bits per heavy atom. The number of amidine groups is 2. The van der Waals surface area contributed by atoms with Crippen LogP contribution in [0.3, 0.4) is 0 Å². The number of hydrogen-bond acceptors (Lipinski definition) is 3. The molecule has 4 fully saturated rings.